The Balaban J connectivity index is 2.29. The molecule has 0 aromatic rings. The van der Waals surface area contributed by atoms with E-state index in [1.165, 1.54) is 6.42 Å². The number of aliphatic hydroxyl groups is 1. The van der Waals surface area contributed by atoms with Crippen LogP contribution in [0.25, 0.3) is 0 Å². The van der Waals surface area contributed by atoms with Crippen LogP contribution in [0.2, 0.25) is 0 Å². The van der Waals surface area contributed by atoms with Crippen molar-refractivity contribution < 1.29 is 5.11 Å². The molecule has 0 bridgehead atoms. The van der Waals surface area contributed by atoms with Gasteiger partial charge >= 0.3 is 0 Å². The molecule has 0 spiro atoms. The highest BCUT2D eigenvalue weighted by atomic mass is 16.3. The van der Waals surface area contributed by atoms with Gasteiger partial charge in [0.1, 0.15) is 0 Å². The number of nitrogens with one attached hydrogen (secondary N) is 1. The molecule has 0 aromatic heterocycles. The van der Waals surface area contributed by atoms with E-state index in [0.717, 1.165) is 31.7 Å². The van der Waals surface area contributed by atoms with E-state index in [4.69, 9.17) is 0 Å². The summed E-state index contributed by atoms with van der Waals surface area (Å²) in [6.45, 7) is 5.47. The largest absolute Gasteiger partial charge is 0.392 e. The Bertz CT molecular complexity index is 127. The Morgan fingerprint density at radius 3 is 2.92 bits per heavy atom. The second-order valence-electron chi connectivity index (χ2n) is 4.05. The first-order valence-corrected chi connectivity index (χ1v) is 5.15. The lowest BCUT2D eigenvalue weighted by Gasteiger charge is -2.31. The van der Waals surface area contributed by atoms with Crippen LogP contribution in [0.1, 0.15) is 39.5 Å². The van der Waals surface area contributed by atoms with Gasteiger partial charge in [-0.3, -0.25) is 0 Å². The Labute approximate surface area is 75.4 Å². The average molecular weight is 171 g/mol. The van der Waals surface area contributed by atoms with Gasteiger partial charge in [0.25, 0.3) is 0 Å². The normalized spacial score (nSPS) is 33.2. The molecule has 0 unspecified atom stereocenters. The molecule has 1 aliphatic rings. The van der Waals surface area contributed by atoms with E-state index in [9.17, 15) is 5.11 Å². The van der Waals surface area contributed by atoms with Gasteiger partial charge in [0, 0.05) is 6.04 Å². The van der Waals surface area contributed by atoms with Crippen LogP contribution in [0.15, 0.2) is 0 Å². The first-order valence-electron chi connectivity index (χ1n) is 5.15. The second kappa shape index (κ2) is 4.83. The van der Waals surface area contributed by atoms with E-state index in [1.807, 2.05) is 0 Å². The summed E-state index contributed by atoms with van der Waals surface area (Å²) in [4.78, 5) is 0. The van der Waals surface area contributed by atoms with E-state index in [-0.39, 0.29) is 6.10 Å². The van der Waals surface area contributed by atoms with Gasteiger partial charge in [-0.15, -0.1) is 0 Å². The molecule has 1 fully saturated rings. The highest BCUT2D eigenvalue weighted by Crippen LogP contribution is 2.18. The van der Waals surface area contributed by atoms with Gasteiger partial charge in [0.2, 0.25) is 0 Å². The maximum Gasteiger partial charge on any atom is 0.0693 e. The summed E-state index contributed by atoms with van der Waals surface area (Å²) in [7, 11) is 0. The minimum absolute atomic E-state index is 0.127. The predicted molar refractivity (Wildman–Crippen MR) is 51.1 cm³/mol. The van der Waals surface area contributed by atoms with Crippen LogP contribution in [-0.4, -0.2) is 23.8 Å². The fourth-order valence-corrected chi connectivity index (χ4v) is 1.94. The third-order valence-electron chi connectivity index (χ3n) is 2.75. The molecule has 0 aliphatic carbocycles. The number of aliphatic hydroxyl groups excluding tert-OH is 1. The highest BCUT2D eigenvalue weighted by Gasteiger charge is 2.23. The van der Waals surface area contributed by atoms with Crippen molar-refractivity contribution in [3.05, 3.63) is 0 Å². The fraction of sp³-hybridized carbons (Fsp3) is 1.00. The molecular weight excluding hydrogens is 150 g/mol. The summed E-state index contributed by atoms with van der Waals surface area (Å²) >= 11 is 0. The standard InChI is InChI=1S/C10H21NO/c1-3-4-10(12)9-7-8(2)5-6-11-9/h8-12H,3-7H2,1-2H3/t8-,9-,10-/m1/s1. The van der Waals surface area contributed by atoms with Crippen molar-refractivity contribution in [2.24, 2.45) is 5.92 Å². The van der Waals surface area contributed by atoms with Crippen molar-refractivity contribution in [3.63, 3.8) is 0 Å². The van der Waals surface area contributed by atoms with Crippen LogP contribution < -0.4 is 5.32 Å². The average Bonchev–Trinajstić information content (AvgIpc) is 2.05. The van der Waals surface area contributed by atoms with Gasteiger partial charge in [-0.25, -0.2) is 0 Å². The van der Waals surface area contributed by atoms with Crippen molar-refractivity contribution in [3.8, 4) is 0 Å². The van der Waals surface area contributed by atoms with Gasteiger partial charge in [0.05, 0.1) is 6.10 Å². The Hall–Kier alpha value is -0.0800. The molecular formula is C10H21NO. The van der Waals surface area contributed by atoms with Crippen molar-refractivity contribution in [2.75, 3.05) is 6.54 Å². The van der Waals surface area contributed by atoms with E-state index in [2.05, 4.69) is 19.2 Å². The summed E-state index contributed by atoms with van der Waals surface area (Å²) in [5.74, 6) is 0.780. The molecule has 2 nitrogen and oxygen atoms in total. The zero-order chi connectivity index (χ0) is 8.97. The molecule has 2 N–H and O–H groups in total. The summed E-state index contributed by atoms with van der Waals surface area (Å²) < 4.78 is 0. The van der Waals surface area contributed by atoms with Gasteiger partial charge in [-0.1, -0.05) is 20.3 Å². The Morgan fingerprint density at radius 2 is 2.33 bits per heavy atom. The lowest BCUT2D eigenvalue weighted by Crippen LogP contribution is -2.45. The lowest BCUT2D eigenvalue weighted by atomic mass is 9.90. The molecule has 12 heavy (non-hydrogen) atoms. The molecule has 72 valence electrons. The fourth-order valence-electron chi connectivity index (χ4n) is 1.94. The third kappa shape index (κ3) is 2.76. The minimum atomic E-state index is -0.127. The van der Waals surface area contributed by atoms with E-state index in [1.54, 1.807) is 0 Å². The van der Waals surface area contributed by atoms with Gasteiger partial charge in [-0.2, -0.15) is 0 Å². The Kier molecular flexibility index (Phi) is 4.02. The van der Waals surface area contributed by atoms with Crippen LogP contribution >= 0.6 is 0 Å². The molecule has 3 atom stereocenters. The topological polar surface area (TPSA) is 32.3 Å². The molecule has 1 saturated heterocycles. The summed E-state index contributed by atoms with van der Waals surface area (Å²) in [5.41, 5.74) is 0. The van der Waals surface area contributed by atoms with Crippen molar-refractivity contribution in [1.82, 2.24) is 5.32 Å². The molecule has 0 aromatic carbocycles. The van der Waals surface area contributed by atoms with Crippen molar-refractivity contribution >= 4 is 0 Å². The van der Waals surface area contributed by atoms with Crippen LogP contribution in [0.5, 0.6) is 0 Å². The van der Waals surface area contributed by atoms with Crippen molar-refractivity contribution in [1.29, 1.82) is 0 Å². The maximum absolute atomic E-state index is 9.73. The lowest BCUT2D eigenvalue weighted by molar-refractivity contribution is 0.0928. The zero-order valence-electron chi connectivity index (χ0n) is 8.21. The van der Waals surface area contributed by atoms with E-state index in [0.29, 0.717) is 6.04 Å². The molecule has 0 saturated carbocycles. The summed E-state index contributed by atoms with van der Waals surface area (Å²) in [6, 6.07) is 0.355. The molecule has 1 aliphatic heterocycles. The van der Waals surface area contributed by atoms with Gasteiger partial charge in [0.15, 0.2) is 0 Å². The second-order valence-corrected chi connectivity index (χ2v) is 4.05. The SMILES string of the molecule is CCC[C@@H](O)[C@H]1C[C@H](C)CCN1. The van der Waals surface area contributed by atoms with Crippen LogP contribution in [0, 0.1) is 5.92 Å². The number of piperidine rings is 1. The molecule has 0 amide bonds. The van der Waals surface area contributed by atoms with E-state index >= 15 is 0 Å². The minimum Gasteiger partial charge on any atom is -0.392 e. The maximum atomic E-state index is 9.73. The molecule has 0 radical (unpaired) electrons. The van der Waals surface area contributed by atoms with Crippen molar-refractivity contribution in [2.45, 2.75) is 51.7 Å². The Morgan fingerprint density at radius 1 is 1.58 bits per heavy atom. The van der Waals surface area contributed by atoms with Crippen LogP contribution in [0.4, 0.5) is 0 Å². The van der Waals surface area contributed by atoms with Gasteiger partial charge in [-0.05, 0) is 31.7 Å². The zero-order valence-corrected chi connectivity index (χ0v) is 8.21. The predicted octanol–water partition coefficient (Wildman–Crippen LogP) is 1.54. The first-order chi connectivity index (χ1) is 5.74. The molecule has 1 rings (SSSR count). The molecule has 1 heterocycles. The summed E-state index contributed by atoms with van der Waals surface area (Å²) in [5, 5.41) is 13.1. The number of hydrogen-bond donors (Lipinski definition) is 2. The monoisotopic (exact) mass is 171 g/mol. The van der Waals surface area contributed by atoms with Crippen LogP contribution in [0.3, 0.4) is 0 Å². The van der Waals surface area contributed by atoms with E-state index < -0.39 is 0 Å². The quantitative estimate of drug-likeness (QED) is 0.675. The molecule has 2 heteroatoms. The number of hydrogen-bond acceptors (Lipinski definition) is 2. The smallest absolute Gasteiger partial charge is 0.0693 e. The summed E-state index contributed by atoms with van der Waals surface area (Å²) in [6.07, 6.45) is 4.28. The number of rotatable bonds is 3. The van der Waals surface area contributed by atoms with Gasteiger partial charge < -0.3 is 10.4 Å². The van der Waals surface area contributed by atoms with Crippen LogP contribution in [-0.2, 0) is 0 Å². The third-order valence-corrected chi connectivity index (χ3v) is 2.75. The highest BCUT2D eigenvalue weighted by molar-refractivity contribution is 4.81. The first kappa shape index (κ1) is 10.0.